The molecular weight excluding hydrogens is 358 g/mol. The maximum Gasteiger partial charge on any atom is 0.277 e. The third-order valence-corrected chi connectivity index (χ3v) is 6.25. The molecule has 0 aromatic carbocycles. The van der Waals surface area contributed by atoms with Gasteiger partial charge >= 0.3 is 0 Å². The van der Waals surface area contributed by atoms with Crippen LogP contribution in [0.25, 0.3) is 5.65 Å². The zero-order valence-electron chi connectivity index (χ0n) is 16.1. The molecule has 2 aromatic heterocycles. The first-order valence-corrected chi connectivity index (χ1v) is 10.3. The van der Waals surface area contributed by atoms with Gasteiger partial charge in [0.2, 0.25) is 11.8 Å². The van der Waals surface area contributed by atoms with Crippen molar-refractivity contribution in [3.63, 3.8) is 0 Å². The molecule has 8 nitrogen and oxygen atoms in total. The third-order valence-electron chi connectivity index (χ3n) is 6.25. The normalized spacial score (nSPS) is 22.0. The number of nitrogens with zero attached hydrogens (tertiary/aromatic N) is 4. The van der Waals surface area contributed by atoms with Crippen molar-refractivity contribution in [3.8, 4) is 0 Å². The van der Waals surface area contributed by atoms with Crippen LogP contribution in [0.2, 0.25) is 0 Å². The fourth-order valence-electron chi connectivity index (χ4n) is 4.54. The largest absolute Gasteiger partial charge is 0.337 e. The van der Waals surface area contributed by atoms with Gasteiger partial charge in [0, 0.05) is 37.9 Å². The van der Waals surface area contributed by atoms with Crippen LogP contribution < -0.4 is 5.56 Å². The SMILES string of the molecule is CCC(=O)N1CCC[C@@H]1c1cc2nc3c(c(=O)n2[nH]1)CN(C(=O)C1CC1)CC3. The van der Waals surface area contributed by atoms with Gasteiger partial charge in [0.25, 0.3) is 5.56 Å². The number of fused-ring (bicyclic) bond motifs is 2. The Hall–Kier alpha value is -2.64. The van der Waals surface area contributed by atoms with E-state index in [1.165, 1.54) is 4.52 Å². The highest BCUT2D eigenvalue weighted by atomic mass is 16.2. The monoisotopic (exact) mass is 383 g/mol. The Morgan fingerprint density at radius 3 is 2.82 bits per heavy atom. The summed E-state index contributed by atoms with van der Waals surface area (Å²) in [7, 11) is 0. The molecule has 2 aromatic rings. The van der Waals surface area contributed by atoms with Crippen LogP contribution in [0.1, 0.15) is 62.0 Å². The van der Waals surface area contributed by atoms with E-state index >= 15 is 0 Å². The number of aromatic nitrogens is 3. The van der Waals surface area contributed by atoms with E-state index in [0.717, 1.165) is 43.6 Å². The fraction of sp³-hybridized carbons (Fsp3) is 0.600. The number of aromatic amines is 1. The smallest absolute Gasteiger partial charge is 0.277 e. The van der Waals surface area contributed by atoms with Crippen molar-refractivity contribution in [3.05, 3.63) is 33.4 Å². The molecule has 5 rings (SSSR count). The van der Waals surface area contributed by atoms with Crippen LogP contribution in [-0.4, -0.2) is 49.3 Å². The second-order valence-electron chi connectivity index (χ2n) is 8.13. The highest BCUT2D eigenvalue weighted by Gasteiger charge is 2.36. The zero-order chi connectivity index (χ0) is 19.4. The lowest BCUT2D eigenvalue weighted by Crippen LogP contribution is -2.40. The van der Waals surface area contributed by atoms with Gasteiger partial charge in [-0.2, -0.15) is 0 Å². The summed E-state index contributed by atoms with van der Waals surface area (Å²) < 4.78 is 1.48. The average Bonchev–Trinajstić information content (AvgIpc) is 3.28. The van der Waals surface area contributed by atoms with Crippen molar-refractivity contribution < 1.29 is 9.59 Å². The minimum Gasteiger partial charge on any atom is -0.337 e. The maximum absolute atomic E-state index is 13.1. The molecule has 1 N–H and O–H groups in total. The van der Waals surface area contributed by atoms with Crippen LogP contribution in [0, 0.1) is 5.92 Å². The van der Waals surface area contributed by atoms with Crippen molar-refractivity contribution in [1.82, 2.24) is 24.4 Å². The molecule has 1 atom stereocenters. The predicted octanol–water partition coefficient (Wildman–Crippen LogP) is 1.39. The third kappa shape index (κ3) is 2.73. The minimum atomic E-state index is -0.133. The predicted molar refractivity (Wildman–Crippen MR) is 102 cm³/mol. The molecule has 8 heteroatoms. The lowest BCUT2D eigenvalue weighted by molar-refractivity contribution is -0.133. The fourth-order valence-corrected chi connectivity index (χ4v) is 4.54. The summed E-state index contributed by atoms with van der Waals surface area (Å²) in [4.78, 5) is 46.1. The molecule has 2 fully saturated rings. The van der Waals surface area contributed by atoms with Gasteiger partial charge in [-0.25, -0.2) is 9.50 Å². The summed E-state index contributed by atoms with van der Waals surface area (Å²) in [6.45, 7) is 3.60. The number of hydrogen-bond acceptors (Lipinski definition) is 4. The first kappa shape index (κ1) is 17.5. The van der Waals surface area contributed by atoms with E-state index in [4.69, 9.17) is 4.98 Å². The highest BCUT2D eigenvalue weighted by molar-refractivity contribution is 5.81. The second-order valence-corrected chi connectivity index (χ2v) is 8.13. The molecule has 0 unspecified atom stereocenters. The number of rotatable bonds is 3. The number of nitrogens with one attached hydrogen (secondary N) is 1. The van der Waals surface area contributed by atoms with Crippen LogP contribution in [-0.2, 0) is 22.6 Å². The number of H-pyrrole nitrogens is 1. The summed E-state index contributed by atoms with van der Waals surface area (Å²) in [5.74, 6) is 0.458. The summed E-state index contributed by atoms with van der Waals surface area (Å²) in [6, 6.07) is 1.87. The number of carbonyl (C=O) groups excluding carboxylic acids is 2. The lowest BCUT2D eigenvalue weighted by atomic mass is 10.1. The Bertz CT molecular complexity index is 1020. The summed E-state index contributed by atoms with van der Waals surface area (Å²) in [5, 5.41) is 3.19. The first-order chi connectivity index (χ1) is 13.6. The molecular formula is C20H25N5O3. The Morgan fingerprint density at radius 2 is 2.07 bits per heavy atom. The van der Waals surface area contributed by atoms with Gasteiger partial charge in [0.1, 0.15) is 0 Å². The standard InChI is InChI=1S/C20H25N5O3/c1-2-18(26)24-8-3-4-16(24)15-10-17-21-14-7-9-23(19(27)12-5-6-12)11-13(14)20(28)25(17)22-15/h10,12,16,22H,2-9,11H2,1H3/t16-/m1/s1. The molecule has 1 aliphatic carbocycles. The van der Waals surface area contributed by atoms with Crippen LogP contribution in [0.4, 0.5) is 0 Å². The summed E-state index contributed by atoms with van der Waals surface area (Å²) >= 11 is 0. The maximum atomic E-state index is 13.1. The van der Waals surface area contributed by atoms with Crippen LogP contribution in [0.3, 0.4) is 0 Å². The molecule has 2 aliphatic heterocycles. The highest BCUT2D eigenvalue weighted by Crippen LogP contribution is 2.33. The van der Waals surface area contributed by atoms with Crippen molar-refractivity contribution in [2.24, 2.45) is 5.92 Å². The molecule has 0 spiro atoms. The van der Waals surface area contributed by atoms with Gasteiger partial charge in [-0.15, -0.1) is 0 Å². The zero-order valence-corrected chi connectivity index (χ0v) is 16.1. The number of amides is 2. The van der Waals surface area contributed by atoms with E-state index in [2.05, 4.69) is 5.10 Å². The Kier molecular flexibility index (Phi) is 4.03. The molecule has 28 heavy (non-hydrogen) atoms. The second kappa shape index (κ2) is 6.46. The molecule has 148 valence electrons. The summed E-state index contributed by atoms with van der Waals surface area (Å²) in [5.41, 5.74) is 2.72. The van der Waals surface area contributed by atoms with Gasteiger partial charge < -0.3 is 9.80 Å². The molecule has 1 saturated carbocycles. The van der Waals surface area contributed by atoms with Gasteiger partial charge in [0.15, 0.2) is 5.65 Å². The minimum absolute atomic E-state index is 0.0291. The Morgan fingerprint density at radius 1 is 1.25 bits per heavy atom. The molecule has 0 bridgehead atoms. The topological polar surface area (TPSA) is 90.8 Å². The molecule has 4 heterocycles. The van der Waals surface area contributed by atoms with E-state index in [0.29, 0.717) is 37.1 Å². The van der Waals surface area contributed by atoms with Gasteiger partial charge in [0.05, 0.1) is 29.5 Å². The first-order valence-electron chi connectivity index (χ1n) is 10.3. The van der Waals surface area contributed by atoms with Crippen molar-refractivity contribution in [2.45, 2.75) is 58.0 Å². The molecule has 0 radical (unpaired) electrons. The van der Waals surface area contributed by atoms with E-state index in [1.807, 2.05) is 17.9 Å². The average molecular weight is 383 g/mol. The van der Waals surface area contributed by atoms with Crippen molar-refractivity contribution in [1.29, 1.82) is 0 Å². The Balaban J connectivity index is 1.50. The van der Waals surface area contributed by atoms with Crippen molar-refractivity contribution >= 4 is 17.5 Å². The van der Waals surface area contributed by atoms with E-state index in [-0.39, 0.29) is 29.3 Å². The summed E-state index contributed by atoms with van der Waals surface area (Å²) in [6.07, 6.45) is 4.87. The number of hydrogen-bond donors (Lipinski definition) is 1. The van der Waals surface area contributed by atoms with Crippen molar-refractivity contribution in [2.75, 3.05) is 13.1 Å². The van der Waals surface area contributed by atoms with Crippen LogP contribution in [0.15, 0.2) is 10.9 Å². The number of carbonyl (C=O) groups is 2. The quantitative estimate of drug-likeness (QED) is 0.867. The lowest BCUT2D eigenvalue weighted by Gasteiger charge is -2.27. The van der Waals surface area contributed by atoms with Crippen LogP contribution in [0.5, 0.6) is 0 Å². The molecule has 3 aliphatic rings. The number of likely N-dealkylation sites (tertiary alicyclic amines) is 1. The van der Waals surface area contributed by atoms with Crippen LogP contribution >= 0.6 is 0 Å². The van der Waals surface area contributed by atoms with E-state index in [9.17, 15) is 14.4 Å². The molecule has 2 amide bonds. The van der Waals surface area contributed by atoms with Gasteiger partial charge in [-0.05, 0) is 25.7 Å². The van der Waals surface area contributed by atoms with E-state index < -0.39 is 0 Å². The van der Waals surface area contributed by atoms with E-state index in [1.54, 1.807) is 4.90 Å². The Labute approximate surface area is 162 Å². The van der Waals surface area contributed by atoms with Gasteiger partial charge in [-0.1, -0.05) is 6.92 Å². The van der Waals surface area contributed by atoms with Gasteiger partial charge in [-0.3, -0.25) is 19.5 Å². The molecule has 1 saturated heterocycles.